The van der Waals surface area contributed by atoms with Crippen LogP contribution in [0.2, 0.25) is 10.0 Å². The quantitative estimate of drug-likeness (QED) is 0.452. The maximum absolute atomic E-state index is 6.29. The highest BCUT2D eigenvalue weighted by molar-refractivity contribution is 9.10. The average Bonchev–Trinajstić information content (AvgIpc) is 2.80. The number of alkyl halides is 1. The molecule has 21 heavy (non-hydrogen) atoms. The Balaban J connectivity index is 2.33. The number of hydrogen-bond acceptors (Lipinski definition) is 1. The molecule has 0 aliphatic carbocycles. The van der Waals surface area contributed by atoms with Gasteiger partial charge in [-0.25, -0.2) is 4.98 Å². The largest absolute Gasteiger partial charge is 0.295 e. The van der Waals surface area contributed by atoms with Crippen LogP contribution in [0.15, 0.2) is 40.9 Å². The van der Waals surface area contributed by atoms with Gasteiger partial charge in [-0.2, -0.15) is 0 Å². The SMILES string of the molecule is CC(Cl)c1nc2cc(Cl)ccc2n1-c1ccc(Cl)c(Br)c1. The third-order valence-corrected chi connectivity index (χ3v) is 4.80. The second-order valence-corrected chi connectivity index (χ2v) is 7.01. The van der Waals surface area contributed by atoms with E-state index in [9.17, 15) is 0 Å². The summed E-state index contributed by atoms with van der Waals surface area (Å²) in [6.45, 7) is 1.89. The second-order valence-electron chi connectivity index (χ2n) is 4.65. The minimum absolute atomic E-state index is 0.231. The van der Waals surface area contributed by atoms with Gasteiger partial charge in [0.15, 0.2) is 0 Å². The van der Waals surface area contributed by atoms with Crippen LogP contribution in [0.5, 0.6) is 0 Å². The van der Waals surface area contributed by atoms with Crippen molar-refractivity contribution in [3.8, 4) is 5.69 Å². The maximum Gasteiger partial charge on any atom is 0.132 e. The number of halogens is 4. The number of benzene rings is 2. The minimum Gasteiger partial charge on any atom is -0.295 e. The van der Waals surface area contributed by atoms with Gasteiger partial charge in [0.2, 0.25) is 0 Å². The summed E-state index contributed by atoms with van der Waals surface area (Å²) in [6.07, 6.45) is 0. The first kappa shape index (κ1) is 15.2. The Morgan fingerprint density at radius 2 is 1.90 bits per heavy atom. The van der Waals surface area contributed by atoms with Crippen LogP contribution in [0.25, 0.3) is 16.7 Å². The molecule has 6 heteroatoms. The lowest BCUT2D eigenvalue weighted by Crippen LogP contribution is -2.01. The van der Waals surface area contributed by atoms with Gasteiger partial charge in [-0.1, -0.05) is 23.2 Å². The Morgan fingerprint density at radius 1 is 1.14 bits per heavy atom. The van der Waals surface area contributed by atoms with Crippen LogP contribution in [0.3, 0.4) is 0 Å². The van der Waals surface area contributed by atoms with Gasteiger partial charge in [-0.15, -0.1) is 11.6 Å². The molecular formula is C15H10BrCl3N2. The summed E-state index contributed by atoms with van der Waals surface area (Å²) in [5, 5.41) is 1.08. The summed E-state index contributed by atoms with van der Waals surface area (Å²) >= 11 is 21.8. The van der Waals surface area contributed by atoms with E-state index < -0.39 is 0 Å². The van der Waals surface area contributed by atoms with Crippen molar-refractivity contribution < 1.29 is 0 Å². The Kier molecular flexibility index (Phi) is 4.19. The van der Waals surface area contributed by atoms with Crippen molar-refractivity contribution in [2.45, 2.75) is 12.3 Å². The van der Waals surface area contributed by atoms with Crippen LogP contribution in [0.1, 0.15) is 18.1 Å². The monoisotopic (exact) mass is 402 g/mol. The highest BCUT2D eigenvalue weighted by Crippen LogP contribution is 2.32. The molecule has 0 aliphatic rings. The summed E-state index contributed by atoms with van der Waals surface area (Å²) in [5.41, 5.74) is 2.71. The van der Waals surface area contributed by atoms with E-state index in [1.165, 1.54) is 0 Å². The van der Waals surface area contributed by atoms with Gasteiger partial charge in [0, 0.05) is 15.2 Å². The number of fused-ring (bicyclic) bond motifs is 1. The van der Waals surface area contributed by atoms with E-state index in [1.54, 1.807) is 0 Å². The number of imidazole rings is 1. The van der Waals surface area contributed by atoms with Crippen LogP contribution in [0.4, 0.5) is 0 Å². The zero-order valence-electron chi connectivity index (χ0n) is 10.9. The fourth-order valence-corrected chi connectivity index (χ4v) is 3.03. The van der Waals surface area contributed by atoms with Crippen LogP contribution in [-0.4, -0.2) is 9.55 Å². The first-order valence-electron chi connectivity index (χ1n) is 6.25. The van der Waals surface area contributed by atoms with Crippen LogP contribution in [0, 0.1) is 0 Å². The number of aromatic nitrogens is 2. The van der Waals surface area contributed by atoms with Crippen LogP contribution >= 0.6 is 50.7 Å². The van der Waals surface area contributed by atoms with E-state index in [0.717, 1.165) is 27.0 Å². The lowest BCUT2D eigenvalue weighted by Gasteiger charge is -2.11. The molecule has 2 aromatic carbocycles. The summed E-state index contributed by atoms with van der Waals surface area (Å²) < 4.78 is 2.84. The van der Waals surface area contributed by atoms with E-state index in [1.807, 2.05) is 47.9 Å². The number of rotatable bonds is 2. The predicted octanol–water partition coefficient (Wildman–Crippen LogP) is 6.39. The Labute approximate surface area is 145 Å². The minimum atomic E-state index is -0.231. The third-order valence-electron chi connectivity index (χ3n) is 3.16. The highest BCUT2D eigenvalue weighted by atomic mass is 79.9. The first-order valence-corrected chi connectivity index (χ1v) is 8.23. The van der Waals surface area contributed by atoms with E-state index >= 15 is 0 Å². The maximum atomic E-state index is 6.29. The highest BCUT2D eigenvalue weighted by Gasteiger charge is 2.17. The van der Waals surface area contributed by atoms with Crippen LogP contribution < -0.4 is 0 Å². The van der Waals surface area contributed by atoms with Crippen molar-refractivity contribution in [3.63, 3.8) is 0 Å². The van der Waals surface area contributed by atoms with Crippen molar-refractivity contribution in [3.05, 3.63) is 56.7 Å². The summed E-state index contributed by atoms with van der Waals surface area (Å²) in [7, 11) is 0. The molecule has 0 spiro atoms. The van der Waals surface area contributed by atoms with Gasteiger partial charge in [-0.3, -0.25) is 4.57 Å². The number of hydrogen-bond donors (Lipinski definition) is 0. The lowest BCUT2D eigenvalue weighted by molar-refractivity contribution is 0.882. The molecule has 0 bridgehead atoms. The van der Waals surface area contributed by atoms with Gasteiger partial charge < -0.3 is 0 Å². The van der Waals surface area contributed by atoms with Gasteiger partial charge >= 0.3 is 0 Å². The number of nitrogens with zero attached hydrogens (tertiary/aromatic N) is 2. The van der Waals surface area contributed by atoms with Gasteiger partial charge in [0.1, 0.15) is 5.82 Å². The molecule has 0 saturated heterocycles. The molecule has 108 valence electrons. The van der Waals surface area contributed by atoms with Gasteiger partial charge in [0.05, 0.1) is 21.4 Å². The first-order chi connectivity index (χ1) is 9.97. The van der Waals surface area contributed by atoms with Crippen molar-refractivity contribution in [2.75, 3.05) is 0 Å². The normalized spacial score (nSPS) is 12.8. The Hall–Kier alpha value is -0.740. The van der Waals surface area contributed by atoms with E-state index in [-0.39, 0.29) is 5.38 Å². The fourth-order valence-electron chi connectivity index (χ4n) is 2.23. The smallest absolute Gasteiger partial charge is 0.132 e. The molecule has 0 saturated carbocycles. The molecule has 0 aliphatic heterocycles. The van der Waals surface area contributed by atoms with Crippen molar-refractivity contribution in [1.82, 2.24) is 9.55 Å². The van der Waals surface area contributed by atoms with E-state index in [4.69, 9.17) is 34.8 Å². The van der Waals surface area contributed by atoms with E-state index in [2.05, 4.69) is 20.9 Å². The predicted molar refractivity (Wildman–Crippen MR) is 93.1 cm³/mol. The lowest BCUT2D eigenvalue weighted by atomic mass is 10.2. The standard InChI is InChI=1S/C15H10BrCl3N2/c1-8(17)15-20-13-6-9(18)2-5-14(13)21(15)10-3-4-12(19)11(16)7-10/h2-8H,1H3. The average molecular weight is 405 g/mol. The van der Waals surface area contributed by atoms with E-state index in [0.29, 0.717) is 10.0 Å². The molecular weight excluding hydrogens is 394 g/mol. The summed E-state index contributed by atoms with van der Waals surface area (Å²) in [4.78, 5) is 4.60. The molecule has 3 rings (SSSR count). The van der Waals surface area contributed by atoms with Crippen molar-refractivity contribution in [2.24, 2.45) is 0 Å². The molecule has 0 amide bonds. The van der Waals surface area contributed by atoms with Gasteiger partial charge in [0.25, 0.3) is 0 Å². The van der Waals surface area contributed by atoms with Crippen LogP contribution in [-0.2, 0) is 0 Å². The molecule has 0 N–H and O–H groups in total. The second kappa shape index (κ2) is 5.81. The fraction of sp³-hybridized carbons (Fsp3) is 0.133. The molecule has 0 fully saturated rings. The molecule has 2 nitrogen and oxygen atoms in total. The topological polar surface area (TPSA) is 17.8 Å². The molecule has 1 heterocycles. The molecule has 0 radical (unpaired) electrons. The Morgan fingerprint density at radius 3 is 2.57 bits per heavy atom. The Bertz CT molecular complexity index is 827. The molecule has 1 aromatic heterocycles. The van der Waals surface area contributed by atoms with Gasteiger partial charge in [-0.05, 0) is 59.3 Å². The zero-order valence-corrected chi connectivity index (χ0v) is 14.8. The molecule has 1 atom stereocenters. The summed E-state index contributed by atoms with van der Waals surface area (Å²) in [5.74, 6) is 0.767. The van der Waals surface area contributed by atoms with Crippen molar-refractivity contribution >= 4 is 61.8 Å². The van der Waals surface area contributed by atoms with Crippen molar-refractivity contribution in [1.29, 1.82) is 0 Å². The molecule has 3 aromatic rings. The zero-order chi connectivity index (χ0) is 15.1. The molecule has 1 unspecified atom stereocenters. The third kappa shape index (κ3) is 2.80. The summed E-state index contributed by atoms with van der Waals surface area (Å²) in [6, 6.07) is 11.3.